The molecule has 0 unspecified atom stereocenters. The molecule has 4 rings (SSSR count). The number of pyridine rings is 2. The van der Waals surface area contributed by atoms with Crippen LogP contribution in [0, 0.1) is 0 Å². The van der Waals surface area contributed by atoms with Crippen LogP contribution in [0.5, 0.6) is 5.75 Å². The predicted molar refractivity (Wildman–Crippen MR) is 89.0 cm³/mol. The number of carbonyl (C=O) groups is 1. The van der Waals surface area contributed by atoms with Crippen LogP contribution in [0.2, 0.25) is 0 Å². The fourth-order valence-electron chi connectivity index (χ4n) is 2.87. The molecule has 1 aliphatic heterocycles. The van der Waals surface area contributed by atoms with Gasteiger partial charge in [-0.3, -0.25) is 14.8 Å². The van der Waals surface area contributed by atoms with Crippen molar-refractivity contribution in [3.8, 4) is 17.2 Å². The first-order valence-electron chi connectivity index (χ1n) is 7.92. The van der Waals surface area contributed by atoms with E-state index in [2.05, 4.69) is 15.0 Å². The normalized spacial score (nSPS) is 13.4. The Hall–Kier alpha value is -3.22. The standard InChI is InChI=1S/C18H16N4O3/c1-24-16-10-20-7-4-13(16)18(23)22-8-5-15-14(11-22)21-17(25-15)12-3-2-6-19-9-12/h2-4,6-7,9-10H,5,8,11H2,1H3. The number of rotatable bonds is 3. The molecule has 25 heavy (non-hydrogen) atoms. The van der Waals surface area contributed by atoms with Gasteiger partial charge >= 0.3 is 0 Å². The minimum absolute atomic E-state index is 0.101. The van der Waals surface area contributed by atoms with Crippen molar-refractivity contribution in [1.82, 2.24) is 19.9 Å². The second-order valence-corrected chi connectivity index (χ2v) is 5.68. The van der Waals surface area contributed by atoms with Gasteiger partial charge in [-0.25, -0.2) is 4.98 Å². The summed E-state index contributed by atoms with van der Waals surface area (Å²) in [5.41, 5.74) is 2.11. The summed E-state index contributed by atoms with van der Waals surface area (Å²) in [6.45, 7) is 0.975. The first-order chi connectivity index (χ1) is 12.3. The second-order valence-electron chi connectivity index (χ2n) is 5.68. The highest BCUT2D eigenvalue weighted by Crippen LogP contribution is 2.27. The third kappa shape index (κ3) is 2.84. The van der Waals surface area contributed by atoms with Crippen LogP contribution in [0.4, 0.5) is 0 Å². The van der Waals surface area contributed by atoms with Gasteiger partial charge in [-0.15, -0.1) is 0 Å². The summed E-state index contributed by atoms with van der Waals surface area (Å²) in [5, 5.41) is 0. The Morgan fingerprint density at radius 1 is 1.24 bits per heavy atom. The molecule has 1 aliphatic rings. The molecule has 0 N–H and O–H groups in total. The van der Waals surface area contributed by atoms with Gasteiger partial charge in [0, 0.05) is 31.6 Å². The molecule has 7 nitrogen and oxygen atoms in total. The van der Waals surface area contributed by atoms with Gasteiger partial charge < -0.3 is 14.1 Å². The molecular weight excluding hydrogens is 320 g/mol. The SMILES string of the molecule is COc1cnccc1C(=O)N1CCc2oc(-c3cccnc3)nc2C1. The van der Waals surface area contributed by atoms with Crippen molar-refractivity contribution in [1.29, 1.82) is 0 Å². The molecule has 126 valence electrons. The fourth-order valence-corrected chi connectivity index (χ4v) is 2.87. The van der Waals surface area contributed by atoms with Gasteiger partial charge in [-0.2, -0.15) is 0 Å². The average molecular weight is 336 g/mol. The van der Waals surface area contributed by atoms with Crippen molar-refractivity contribution in [3.63, 3.8) is 0 Å². The lowest BCUT2D eigenvalue weighted by Crippen LogP contribution is -2.36. The summed E-state index contributed by atoms with van der Waals surface area (Å²) in [4.78, 5) is 27.2. The highest BCUT2D eigenvalue weighted by atomic mass is 16.5. The van der Waals surface area contributed by atoms with Crippen LogP contribution >= 0.6 is 0 Å². The molecular formula is C18H16N4O3. The Morgan fingerprint density at radius 2 is 2.12 bits per heavy atom. The maximum Gasteiger partial charge on any atom is 0.258 e. The Labute approximate surface area is 144 Å². The minimum Gasteiger partial charge on any atom is -0.494 e. The van der Waals surface area contributed by atoms with Gasteiger partial charge in [0.05, 0.1) is 31.0 Å². The molecule has 0 radical (unpaired) electrons. The Kier molecular flexibility index (Phi) is 3.89. The fraction of sp³-hybridized carbons (Fsp3) is 0.222. The van der Waals surface area contributed by atoms with E-state index in [1.54, 1.807) is 35.8 Å². The van der Waals surface area contributed by atoms with Crippen LogP contribution in [0.25, 0.3) is 11.5 Å². The molecule has 0 fully saturated rings. The van der Waals surface area contributed by atoms with Crippen LogP contribution in [0.3, 0.4) is 0 Å². The summed E-state index contributed by atoms with van der Waals surface area (Å²) < 4.78 is 11.1. The van der Waals surface area contributed by atoms with Crippen molar-refractivity contribution < 1.29 is 13.9 Å². The van der Waals surface area contributed by atoms with E-state index >= 15 is 0 Å². The molecule has 0 bridgehead atoms. The molecule has 0 saturated carbocycles. The number of hydrogen-bond acceptors (Lipinski definition) is 6. The summed E-state index contributed by atoms with van der Waals surface area (Å²) in [5.74, 6) is 1.73. The summed E-state index contributed by atoms with van der Waals surface area (Å²) in [6, 6.07) is 5.40. The first kappa shape index (κ1) is 15.3. The van der Waals surface area contributed by atoms with Gasteiger partial charge in [0.15, 0.2) is 0 Å². The number of ether oxygens (including phenoxy) is 1. The topological polar surface area (TPSA) is 81.4 Å². The van der Waals surface area contributed by atoms with E-state index in [0.29, 0.717) is 36.7 Å². The van der Waals surface area contributed by atoms with Crippen LogP contribution in [0.15, 0.2) is 47.4 Å². The lowest BCUT2D eigenvalue weighted by Gasteiger charge is -2.25. The molecule has 0 saturated heterocycles. The Balaban J connectivity index is 1.59. The van der Waals surface area contributed by atoms with E-state index in [-0.39, 0.29) is 5.91 Å². The number of hydrogen-bond donors (Lipinski definition) is 0. The predicted octanol–water partition coefficient (Wildman–Crippen LogP) is 2.34. The van der Waals surface area contributed by atoms with E-state index in [9.17, 15) is 4.79 Å². The number of methoxy groups -OCH3 is 1. The molecule has 7 heteroatoms. The highest BCUT2D eigenvalue weighted by molar-refractivity contribution is 5.96. The quantitative estimate of drug-likeness (QED) is 0.730. The molecule has 0 atom stereocenters. The van der Waals surface area contributed by atoms with Crippen molar-refractivity contribution in [2.75, 3.05) is 13.7 Å². The van der Waals surface area contributed by atoms with Gasteiger partial charge in [-0.05, 0) is 18.2 Å². The minimum atomic E-state index is -0.101. The van der Waals surface area contributed by atoms with E-state index in [0.717, 1.165) is 17.0 Å². The number of aromatic nitrogens is 3. The van der Waals surface area contributed by atoms with Crippen LogP contribution < -0.4 is 4.74 Å². The highest BCUT2D eigenvalue weighted by Gasteiger charge is 2.27. The molecule has 1 amide bonds. The average Bonchev–Trinajstić information content (AvgIpc) is 3.11. The zero-order valence-electron chi connectivity index (χ0n) is 13.7. The van der Waals surface area contributed by atoms with Crippen molar-refractivity contribution in [2.24, 2.45) is 0 Å². The van der Waals surface area contributed by atoms with Crippen LogP contribution in [-0.2, 0) is 13.0 Å². The van der Waals surface area contributed by atoms with Gasteiger partial charge in [0.25, 0.3) is 5.91 Å². The lowest BCUT2D eigenvalue weighted by molar-refractivity contribution is 0.0724. The maximum atomic E-state index is 12.8. The van der Waals surface area contributed by atoms with Crippen LogP contribution in [-0.4, -0.2) is 39.4 Å². The van der Waals surface area contributed by atoms with E-state index in [4.69, 9.17) is 9.15 Å². The smallest absolute Gasteiger partial charge is 0.258 e. The van der Waals surface area contributed by atoms with E-state index in [1.165, 1.54) is 7.11 Å². The molecule has 3 aromatic rings. The number of fused-ring (bicyclic) bond motifs is 1. The van der Waals surface area contributed by atoms with E-state index < -0.39 is 0 Å². The second kappa shape index (κ2) is 6.35. The maximum absolute atomic E-state index is 12.8. The third-order valence-electron chi connectivity index (χ3n) is 4.16. The Morgan fingerprint density at radius 3 is 2.92 bits per heavy atom. The number of carbonyl (C=O) groups excluding carboxylic acids is 1. The molecule has 3 aromatic heterocycles. The zero-order valence-corrected chi connectivity index (χ0v) is 13.7. The molecule has 4 heterocycles. The third-order valence-corrected chi connectivity index (χ3v) is 4.16. The number of amides is 1. The molecule has 0 spiro atoms. The molecule has 0 aromatic carbocycles. The van der Waals surface area contributed by atoms with Crippen molar-refractivity contribution in [2.45, 2.75) is 13.0 Å². The number of nitrogens with zero attached hydrogens (tertiary/aromatic N) is 4. The van der Waals surface area contributed by atoms with Gasteiger partial charge in [0.1, 0.15) is 17.2 Å². The van der Waals surface area contributed by atoms with E-state index in [1.807, 2.05) is 12.1 Å². The van der Waals surface area contributed by atoms with Crippen LogP contribution in [0.1, 0.15) is 21.8 Å². The first-order valence-corrected chi connectivity index (χ1v) is 7.92. The Bertz CT molecular complexity index is 908. The molecule has 0 aliphatic carbocycles. The largest absolute Gasteiger partial charge is 0.494 e. The van der Waals surface area contributed by atoms with Crippen molar-refractivity contribution in [3.05, 3.63) is 60.0 Å². The van der Waals surface area contributed by atoms with Gasteiger partial charge in [-0.1, -0.05) is 0 Å². The van der Waals surface area contributed by atoms with Crippen molar-refractivity contribution >= 4 is 5.91 Å². The monoisotopic (exact) mass is 336 g/mol. The van der Waals surface area contributed by atoms with Gasteiger partial charge in [0.2, 0.25) is 5.89 Å². The zero-order chi connectivity index (χ0) is 17.2. The summed E-state index contributed by atoms with van der Waals surface area (Å²) in [6.07, 6.45) is 7.17. The lowest BCUT2D eigenvalue weighted by atomic mass is 10.1. The summed E-state index contributed by atoms with van der Waals surface area (Å²) >= 11 is 0. The summed E-state index contributed by atoms with van der Waals surface area (Å²) in [7, 11) is 1.53. The number of oxazole rings is 1.